The Balaban J connectivity index is 1.39. The molecule has 2 N–H and O–H groups in total. The van der Waals surface area contributed by atoms with Gasteiger partial charge in [-0.15, -0.1) is 17.9 Å². The Hall–Kier alpha value is -3.07. The quantitative estimate of drug-likeness (QED) is 0.525. The first-order valence-corrected chi connectivity index (χ1v) is 9.16. The van der Waals surface area contributed by atoms with Crippen molar-refractivity contribution >= 4 is 28.3 Å². The number of esters is 1. The fraction of sp³-hybridized carbons (Fsp3) is 0.278. The number of ether oxygens (including phenoxy) is 3. The fourth-order valence-electron chi connectivity index (χ4n) is 2.26. The van der Waals surface area contributed by atoms with Gasteiger partial charge in [-0.05, 0) is 12.1 Å². The van der Waals surface area contributed by atoms with Crippen molar-refractivity contribution in [3.05, 3.63) is 48.0 Å². The molecule has 1 aliphatic rings. The highest BCUT2D eigenvalue weighted by molar-refractivity contribution is 7.13. The summed E-state index contributed by atoms with van der Waals surface area (Å²) >= 11 is 1.27. The Morgan fingerprint density at radius 1 is 1.37 bits per heavy atom. The molecule has 3 rings (SSSR count). The van der Waals surface area contributed by atoms with Gasteiger partial charge in [-0.2, -0.15) is 0 Å². The lowest BCUT2D eigenvalue weighted by Gasteiger charge is -2.26. The highest BCUT2D eigenvalue weighted by Gasteiger charge is 2.21. The van der Waals surface area contributed by atoms with E-state index < -0.39 is 18.5 Å². The van der Waals surface area contributed by atoms with Crippen molar-refractivity contribution in [2.75, 3.05) is 31.6 Å². The summed E-state index contributed by atoms with van der Waals surface area (Å²) in [5, 5.41) is 7.79. The zero-order valence-corrected chi connectivity index (χ0v) is 15.3. The molecule has 2 heterocycles. The molecule has 9 heteroatoms. The molecule has 1 amide bonds. The molecule has 1 aliphatic heterocycles. The summed E-state index contributed by atoms with van der Waals surface area (Å²) in [6.07, 6.45) is 1.38. The number of carbonyl (C=O) groups is 2. The zero-order valence-electron chi connectivity index (χ0n) is 14.5. The van der Waals surface area contributed by atoms with E-state index in [2.05, 4.69) is 22.2 Å². The van der Waals surface area contributed by atoms with E-state index in [9.17, 15) is 9.59 Å². The van der Waals surface area contributed by atoms with Gasteiger partial charge in [0.15, 0.2) is 28.9 Å². The molecular formula is C18H19N3O5S. The topological polar surface area (TPSA) is 98.8 Å². The minimum absolute atomic E-state index is 0.153. The lowest BCUT2D eigenvalue weighted by molar-refractivity contribution is -0.124. The van der Waals surface area contributed by atoms with Crippen molar-refractivity contribution < 1.29 is 23.8 Å². The third kappa shape index (κ3) is 5.20. The highest BCUT2D eigenvalue weighted by atomic mass is 32.1. The van der Waals surface area contributed by atoms with Gasteiger partial charge in [0.1, 0.15) is 12.7 Å². The lowest BCUT2D eigenvalue weighted by atomic mass is 10.2. The molecule has 1 aromatic heterocycles. The van der Waals surface area contributed by atoms with Crippen molar-refractivity contribution in [1.82, 2.24) is 10.3 Å². The normalized spacial score (nSPS) is 14.9. The molecular weight excluding hydrogens is 370 g/mol. The maximum absolute atomic E-state index is 11.9. The van der Waals surface area contributed by atoms with Crippen LogP contribution in [0.3, 0.4) is 0 Å². The predicted octanol–water partition coefficient (Wildman–Crippen LogP) is 1.85. The SMILES string of the molecule is C=CCNc1nc(C(=O)OCC(=O)NCC2COc3ccccc3O2)cs1. The van der Waals surface area contributed by atoms with Gasteiger partial charge in [0, 0.05) is 11.9 Å². The fourth-order valence-corrected chi connectivity index (χ4v) is 2.95. The van der Waals surface area contributed by atoms with Crippen LogP contribution in [-0.2, 0) is 9.53 Å². The van der Waals surface area contributed by atoms with Crippen LogP contribution in [0.2, 0.25) is 0 Å². The number of benzene rings is 1. The average molecular weight is 389 g/mol. The predicted molar refractivity (Wildman–Crippen MR) is 100 cm³/mol. The Kier molecular flexibility index (Phi) is 6.26. The van der Waals surface area contributed by atoms with Gasteiger partial charge in [0.25, 0.3) is 5.91 Å². The van der Waals surface area contributed by atoms with Crippen LogP contribution in [0.15, 0.2) is 42.3 Å². The monoisotopic (exact) mass is 389 g/mol. The number of nitrogens with one attached hydrogen (secondary N) is 2. The summed E-state index contributed by atoms with van der Waals surface area (Å²) in [5.41, 5.74) is 0.153. The Morgan fingerprint density at radius 3 is 3.00 bits per heavy atom. The van der Waals surface area contributed by atoms with Crippen LogP contribution in [0.5, 0.6) is 11.5 Å². The van der Waals surface area contributed by atoms with Crippen LogP contribution >= 0.6 is 11.3 Å². The molecule has 2 aromatic rings. The largest absolute Gasteiger partial charge is 0.486 e. The summed E-state index contributed by atoms with van der Waals surface area (Å²) in [5.74, 6) is 0.239. The Bertz CT molecular complexity index is 823. The second-order valence-corrected chi connectivity index (χ2v) is 6.44. The summed E-state index contributed by atoms with van der Waals surface area (Å²) in [4.78, 5) is 27.9. The number of hydrogen-bond donors (Lipinski definition) is 2. The summed E-state index contributed by atoms with van der Waals surface area (Å²) in [6.45, 7) is 4.32. The Morgan fingerprint density at radius 2 is 2.19 bits per heavy atom. The number of nitrogens with zero attached hydrogens (tertiary/aromatic N) is 1. The Labute approximate surface area is 160 Å². The minimum atomic E-state index is -0.653. The van der Waals surface area contributed by atoms with Crippen molar-refractivity contribution in [2.45, 2.75) is 6.10 Å². The van der Waals surface area contributed by atoms with Crippen molar-refractivity contribution in [3.63, 3.8) is 0 Å². The van der Waals surface area contributed by atoms with E-state index in [0.29, 0.717) is 29.8 Å². The third-order valence-corrected chi connectivity index (χ3v) is 4.34. The van der Waals surface area contributed by atoms with Crippen LogP contribution in [0.1, 0.15) is 10.5 Å². The maximum Gasteiger partial charge on any atom is 0.358 e. The molecule has 0 radical (unpaired) electrons. The average Bonchev–Trinajstić information content (AvgIpc) is 3.17. The van der Waals surface area contributed by atoms with Crippen molar-refractivity contribution in [2.24, 2.45) is 0 Å². The molecule has 0 fully saturated rings. The molecule has 0 saturated heterocycles. The molecule has 0 spiro atoms. The van der Waals surface area contributed by atoms with Crippen LogP contribution in [-0.4, -0.2) is 49.3 Å². The van der Waals surface area contributed by atoms with Crippen molar-refractivity contribution in [3.8, 4) is 11.5 Å². The molecule has 0 saturated carbocycles. The number of aromatic nitrogens is 1. The van der Waals surface area contributed by atoms with Gasteiger partial charge in [-0.3, -0.25) is 4.79 Å². The number of para-hydroxylation sites is 2. The molecule has 1 aromatic carbocycles. The molecule has 0 bridgehead atoms. The second-order valence-electron chi connectivity index (χ2n) is 5.59. The number of rotatable bonds is 8. The number of anilines is 1. The standard InChI is InChI=1S/C18H19N3O5S/c1-2-7-19-18-21-13(11-27-18)17(23)25-10-16(22)20-8-12-9-24-14-5-3-4-6-15(14)26-12/h2-6,11-12H,1,7-10H2,(H,19,21)(H,20,22). The maximum atomic E-state index is 11.9. The van der Waals surface area contributed by atoms with E-state index >= 15 is 0 Å². The van der Waals surface area contributed by atoms with Gasteiger partial charge in [0.05, 0.1) is 6.54 Å². The molecule has 142 valence electrons. The summed E-state index contributed by atoms with van der Waals surface area (Å²) < 4.78 is 16.3. The first kappa shape index (κ1) is 18.7. The van der Waals surface area contributed by atoms with Gasteiger partial charge < -0.3 is 24.8 Å². The first-order valence-electron chi connectivity index (χ1n) is 8.28. The molecule has 0 aliphatic carbocycles. The second kappa shape index (κ2) is 9.04. The zero-order chi connectivity index (χ0) is 19.1. The molecule has 8 nitrogen and oxygen atoms in total. The van der Waals surface area contributed by atoms with E-state index in [0.717, 1.165) is 0 Å². The number of fused-ring (bicyclic) bond motifs is 1. The van der Waals surface area contributed by atoms with Gasteiger partial charge in [-0.25, -0.2) is 9.78 Å². The number of carbonyl (C=O) groups excluding carboxylic acids is 2. The van der Waals surface area contributed by atoms with Crippen LogP contribution in [0, 0.1) is 0 Å². The third-order valence-electron chi connectivity index (χ3n) is 3.54. The minimum Gasteiger partial charge on any atom is -0.486 e. The summed E-state index contributed by atoms with van der Waals surface area (Å²) in [6, 6.07) is 7.33. The molecule has 27 heavy (non-hydrogen) atoms. The number of thiazole rings is 1. The van der Waals surface area contributed by atoms with E-state index in [-0.39, 0.29) is 18.3 Å². The van der Waals surface area contributed by atoms with E-state index in [1.807, 2.05) is 18.2 Å². The van der Waals surface area contributed by atoms with E-state index in [1.54, 1.807) is 17.5 Å². The lowest BCUT2D eigenvalue weighted by Crippen LogP contribution is -2.42. The molecule has 1 unspecified atom stereocenters. The van der Waals surface area contributed by atoms with E-state index in [1.165, 1.54) is 11.3 Å². The highest BCUT2D eigenvalue weighted by Crippen LogP contribution is 2.30. The van der Waals surface area contributed by atoms with Crippen molar-refractivity contribution in [1.29, 1.82) is 0 Å². The number of amides is 1. The first-order chi connectivity index (χ1) is 13.2. The van der Waals surface area contributed by atoms with Crippen LogP contribution < -0.4 is 20.1 Å². The number of hydrogen-bond acceptors (Lipinski definition) is 8. The van der Waals surface area contributed by atoms with E-state index in [4.69, 9.17) is 14.2 Å². The van der Waals surface area contributed by atoms with Gasteiger partial charge in [-0.1, -0.05) is 18.2 Å². The molecule has 1 atom stereocenters. The van der Waals surface area contributed by atoms with Gasteiger partial charge >= 0.3 is 5.97 Å². The smallest absolute Gasteiger partial charge is 0.358 e. The van der Waals surface area contributed by atoms with Gasteiger partial charge in [0.2, 0.25) is 0 Å². The summed E-state index contributed by atoms with van der Waals surface area (Å²) in [7, 11) is 0. The van der Waals surface area contributed by atoms with Crippen LogP contribution in [0.4, 0.5) is 5.13 Å². The van der Waals surface area contributed by atoms with Crippen LogP contribution in [0.25, 0.3) is 0 Å².